The van der Waals surface area contributed by atoms with Gasteiger partial charge in [-0.1, -0.05) is 35.4 Å². The van der Waals surface area contributed by atoms with E-state index in [1.54, 1.807) is 19.1 Å². The Balaban J connectivity index is 1.12. The molecule has 1 aromatic heterocycles. The summed E-state index contributed by atoms with van der Waals surface area (Å²) in [5.41, 5.74) is 12.7. The number of carbonyl (C=O) groups excluding carboxylic acids is 4. The minimum atomic E-state index is -4.10. The monoisotopic (exact) mass is 784 g/mol. The highest BCUT2D eigenvalue weighted by atomic mass is 32.2. The van der Waals surface area contributed by atoms with Crippen LogP contribution < -0.4 is 10.6 Å². The quantitative estimate of drug-likeness (QED) is 0.0521. The molecule has 55 heavy (non-hydrogen) atoms. The Bertz CT molecular complexity index is 2230. The van der Waals surface area contributed by atoms with E-state index in [1.807, 2.05) is 36.4 Å². The van der Waals surface area contributed by atoms with Crippen LogP contribution in [0.4, 0.5) is 10.7 Å². The SMILES string of the molecule is CCOC(=O)CN(C1CC1)S(=O)(=O)c1cccc(C(=O)Nc2sc3c(c2C(=O)Nc2ccc(CCc4ccc(C(=O)OCN=[N+]=[N-])cc4)cc2)CCCC3)c1. The van der Waals surface area contributed by atoms with E-state index in [0.717, 1.165) is 51.6 Å². The lowest BCUT2D eigenvalue weighted by atomic mass is 9.95. The number of benzene rings is 3. The summed E-state index contributed by atoms with van der Waals surface area (Å²) in [5.74, 6) is -2.12. The summed E-state index contributed by atoms with van der Waals surface area (Å²) in [7, 11) is -4.10. The molecular weight excluding hydrogens is 745 g/mol. The molecule has 4 aromatic rings. The maximum atomic E-state index is 13.9. The van der Waals surface area contributed by atoms with E-state index in [4.69, 9.17) is 15.0 Å². The van der Waals surface area contributed by atoms with E-state index >= 15 is 0 Å². The van der Waals surface area contributed by atoms with Crippen molar-refractivity contribution in [3.8, 4) is 0 Å². The zero-order valence-electron chi connectivity index (χ0n) is 30.2. The standard InChI is InChI=1S/C39H40N6O8S2/c1-2-52-34(46)23-45(30-20-21-30)55(50,51)31-7-5-6-28(22-31)36(47)43-38-35(32-8-3-4-9-33(32)54-38)37(48)42-29-18-14-26(15-19-29)11-10-25-12-16-27(17-13-25)39(49)53-24-41-44-40/h5-7,12-19,22,30H,2-4,8-11,20-21,23-24H2,1H3,(H,42,48)(H,43,47). The Morgan fingerprint density at radius 1 is 0.891 bits per heavy atom. The highest BCUT2D eigenvalue weighted by Crippen LogP contribution is 2.39. The Kier molecular flexibility index (Phi) is 12.6. The topological polar surface area (TPSA) is 197 Å². The Labute approximate surface area is 322 Å². The average molecular weight is 785 g/mol. The number of fused-ring (bicyclic) bond motifs is 1. The number of thiophene rings is 1. The predicted molar refractivity (Wildman–Crippen MR) is 207 cm³/mol. The molecule has 0 atom stereocenters. The van der Waals surface area contributed by atoms with Crippen LogP contribution in [0.1, 0.15) is 85.2 Å². The van der Waals surface area contributed by atoms with Crippen LogP contribution in [-0.2, 0) is 50.0 Å². The maximum absolute atomic E-state index is 13.9. The number of amides is 2. The number of nitrogens with one attached hydrogen (secondary N) is 2. The Morgan fingerprint density at radius 2 is 1.58 bits per heavy atom. The first-order valence-corrected chi connectivity index (χ1v) is 20.2. The molecule has 2 amide bonds. The first kappa shape index (κ1) is 39.2. The average Bonchev–Trinajstić information content (AvgIpc) is 3.96. The number of aryl methyl sites for hydroxylation is 3. The second-order valence-electron chi connectivity index (χ2n) is 13.1. The highest BCUT2D eigenvalue weighted by Gasteiger charge is 2.40. The molecule has 1 heterocycles. The van der Waals surface area contributed by atoms with Crippen molar-refractivity contribution in [2.24, 2.45) is 5.11 Å². The van der Waals surface area contributed by atoms with Crippen LogP contribution in [-0.4, -0.2) is 62.4 Å². The minimum Gasteiger partial charge on any atom is -0.465 e. The molecule has 1 saturated carbocycles. The van der Waals surface area contributed by atoms with Gasteiger partial charge in [0.2, 0.25) is 10.0 Å². The normalized spacial score (nSPS) is 13.6. The third-order valence-electron chi connectivity index (χ3n) is 9.29. The lowest BCUT2D eigenvalue weighted by Crippen LogP contribution is -2.38. The van der Waals surface area contributed by atoms with Crippen LogP contribution >= 0.6 is 11.3 Å². The van der Waals surface area contributed by atoms with Gasteiger partial charge in [-0.25, -0.2) is 13.2 Å². The molecule has 2 aliphatic rings. The minimum absolute atomic E-state index is 0.0990. The predicted octanol–water partition coefficient (Wildman–Crippen LogP) is 7.06. The molecule has 0 unspecified atom stereocenters. The molecule has 1 fully saturated rings. The summed E-state index contributed by atoms with van der Waals surface area (Å²) in [5, 5.41) is 9.48. The van der Waals surface area contributed by atoms with Gasteiger partial charge in [-0.3, -0.25) is 14.4 Å². The summed E-state index contributed by atoms with van der Waals surface area (Å²) in [6.45, 7) is 1.02. The fourth-order valence-electron chi connectivity index (χ4n) is 6.35. The first-order valence-electron chi connectivity index (χ1n) is 18.0. The largest absolute Gasteiger partial charge is 0.465 e. The Morgan fingerprint density at radius 3 is 2.25 bits per heavy atom. The molecule has 286 valence electrons. The number of azide groups is 1. The number of esters is 2. The number of nitrogens with zero attached hydrogens (tertiary/aromatic N) is 4. The van der Waals surface area contributed by atoms with Gasteiger partial charge in [0.05, 0.1) is 22.6 Å². The van der Waals surface area contributed by atoms with Gasteiger partial charge >= 0.3 is 11.9 Å². The second kappa shape index (κ2) is 17.7. The van der Waals surface area contributed by atoms with Gasteiger partial charge in [0.25, 0.3) is 11.8 Å². The molecule has 0 bridgehead atoms. The van der Waals surface area contributed by atoms with Gasteiger partial charge in [0, 0.05) is 27.1 Å². The van der Waals surface area contributed by atoms with E-state index in [9.17, 15) is 27.6 Å². The number of carbonyl (C=O) groups is 4. The van der Waals surface area contributed by atoms with E-state index in [1.165, 1.54) is 35.6 Å². The molecule has 3 aromatic carbocycles. The third-order valence-corrected chi connectivity index (χ3v) is 12.4. The summed E-state index contributed by atoms with van der Waals surface area (Å²) >= 11 is 1.36. The van der Waals surface area contributed by atoms with Gasteiger partial charge in [-0.15, -0.1) is 11.3 Å². The van der Waals surface area contributed by atoms with E-state index < -0.39 is 34.4 Å². The van der Waals surface area contributed by atoms with Crippen molar-refractivity contribution in [2.45, 2.75) is 69.2 Å². The molecule has 0 aliphatic heterocycles. The lowest BCUT2D eigenvalue weighted by molar-refractivity contribution is -0.143. The molecular formula is C39H40N6O8S2. The van der Waals surface area contributed by atoms with Crippen LogP contribution in [0, 0.1) is 0 Å². The Hall–Kier alpha value is -5.54. The van der Waals surface area contributed by atoms with Crippen LogP contribution in [0.15, 0.2) is 82.8 Å². The fourth-order valence-corrected chi connectivity index (χ4v) is 9.31. The summed E-state index contributed by atoms with van der Waals surface area (Å²) < 4.78 is 38.3. The van der Waals surface area contributed by atoms with Crippen LogP contribution in [0.25, 0.3) is 10.4 Å². The number of hydrogen-bond acceptors (Lipinski definition) is 10. The smallest absolute Gasteiger partial charge is 0.338 e. The highest BCUT2D eigenvalue weighted by molar-refractivity contribution is 7.89. The van der Waals surface area contributed by atoms with Gasteiger partial charge < -0.3 is 20.1 Å². The third kappa shape index (κ3) is 9.77. The molecule has 16 heteroatoms. The number of rotatable bonds is 16. The van der Waals surface area contributed by atoms with Crippen LogP contribution in [0.3, 0.4) is 0 Å². The summed E-state index contributed by atoms with van der Waals surface area (Å²) in [4.78, 5) is 55.3. The van der Waals surface area contributed by atoms with Gasteiger partial charge in [-0.2, -0.15) is 4.31 Å². The zero-order chi connectivity index (χ0) is 39.0. The van der Waals surface area contributed by atoms with E-state index in [0.29, 0.717) is 47.5 Å². The number of ether oxygens (including phenoxy) is 2. The summed E-state index contributed by atoms with van der Waals surface area (Å²) in [6, 6.07) is 19.9. The molecule has 14 nitrogen and oxygen atoms in total. The van der Waals surface area contributed by atoms with Gasteiger partial charge in [0.1, 0.15) is 11.5 Å². The van der Waals surface area contributed by atoms with Crippen molar-refractivity contribution >= 4 is 55.8 Å². The van der Waals surface area contributed by atoms with E-state index in [2.05, 4.69) is 20.7 Å². The van der Waals surface area contributed by atoms with Gasteiger partial charge in [0.15, 0.2) is 6.73 Å². The molecule has 0 radical (unpaired) electrons. The van der Waals surface area contributed by atoms with Crippen LogP contribution in [0.5, 0.6) is 0 Å². The fraction of sp³-hybridized carbons (Fsp3) is 0.333. The maximum Gasteiger partial charge on any atom is 0.338 e. The van der Waals surface area contributed by atoms with Crippen molar-refractivity contribution in [1.29, 1.82) is 0 Å². The van der Waals surface area contributed by atoms with Crippen molar-refractivity contribution in [1.82, 2.24) is 4.31 Å². The van der Waals surface area contributed by atoms with Crippen molar-refractivity contribution in [3.63, 3.8) is 0 Å². The molecule has 2 N–H and O–H groups in total. The lowest BCUT2D eigenvalue weighted by Gasteiger charge is -2.21. The molecule has 2 aliphatic carbocycles. The number of sulfonamides is 1. The van der Waals surface area contributed by atoms with Crippen molar-refractivity contribution < 1.29 is 37.1 Å². The van der Waals surface area contributed by atoms with E-state index in [-0.39, 0.29) is 35.7 Å². The van der Waals surface area contributed by atoms with Gasteiger partial charge in [-0.05, 0) is 123 Å². The molecule has 0 spiro atoms. The molecule has 0 saturated heterocycles. The van der Waals surface area contributed by atoms with Crippen LogP contribution in [0.2, 0.25) is 0 Å². The summed E-state index contributed by atoms with van der Waals surface area (Å²) in [6.07, 6.45) is 6.09. The van der Waals surface area contributed by atoms with Crippen molar-refractivity contribution in [2.75, 3.05) is 30.5 Å². The number of hydrogen-bond donors (Lipinski definition) is 2. The van der Waals surface area contributed by atoms with Crippen molar-refractivity contribution in [3.05, 3.63) is 121 Å². The number of anilines is 2. The first-order chi connectivity index (χ1) is 26.6. The molecule has 6 rings (SSSR count). The zero-order valence-corrected chi connectivity index (χ0v) is 31.8. The second-order valence-corrected chi connectivity index (χ2v) is 16.1.